The second-order valence-electron chi connectivity index (χ2n) is 4.61. The van der Waals surface area contributed by atoms with Crippen molar-refractivity contribution < 1.29 is 4.79 Å². The van der Waals surface area contributed by atoms with E-state index in [1.54, 1.807) is 6.92 Å². The van der Waals surface area contributed by atoms with E-state index in [9.17, 15) is 4.79 Å². The van der Waals surface area contributed by atoms with Crippen LogP contribution < -0.4 is 0 Å². The molecular weight excluding hydrogens is 200 g/mol. The normalized spacial score (nSPS) is 16.9. The minimum Gasteiger partial charge on any atom is -0.350 e. The third-order valence-electron chi connectivity index (χ3n) is 3.48. The monoisotopic (exact) mass is 220 g/mol. The van der Waals surface area contributed by atoms with Crippen molar-refractivity contribution in [3.05, 3.63) is 23.5 Å². The highest BCUT2D eigenvalue weighted by Gasteiger charge is 2.12. The fourth-order valence-electron chi connectivity index (χ4n) is 2.42. The topological polar surface area (TPSA) is 25.2 Å². The van der Waals surface area contributed by atoms with Crippen LogP contribution in [0.3, 0.4) is 0 Å². The Labute approximate surface area is 97.1 Å². The van der Waals surface area contributed by atoms with E-state index in [1.807, 2.05) is 19.2 Å². The Kier molecular flexibility index (Phi) is 3.44. The zero-order valence-electron chi connectivity index (χ0n) is 10.2. The molecule has 0 radical (unpaired) electrons. The number of Topliss-reactive ketones (excluding diaryl/α,β-unsaturated/α-hetero) is 1. The van der Waals surface area contributed by atoms with Crippen molar-refractivity contribution >= 4 is 5.78 Å². The van der Waals surface area contributed by atoms with E-state index in [0.29, 0.717) is 0 Å². The second kappa shape index (κ2) is 4.83. The van der Waals surface area contributed by atoms with Crippen molar-refractivity contribution in [1.82, 2.24) is 9.47 Å². The van der Waals surface area contributed by atoms with Gasteiger partial charge >= 0.3 is 0 Å². The van der Waals surface area contributed by atoms with Gasteiger partial charge in [0.15, 0.2) is 5.78 Å². The maximum absolute atomic E-state index is 11.3. The van der Waals surface area contributed by atoms with Crippen LogP contribution in [-0.2, 0) is 6.54 Å². The van der Waals surface area contributed by atoms with Gasteiger partial charge in [0.1, 0.15) is 0 Å². The summed E-state index contributed by atoms with van der Waals surface area (Å²) in [5.74, 6) is 0.164. The maximum Gasteiger partial charge on any atom is 0.161 e. The van der Waals surface area contributed by atoms with Gasteiger partial charge in [-0.2, -0.15) is 0 Å². The predicted octanol–water partition coefficient (Wildman–Crippen LogP) is 2.09. The van der Waals surface area contributed by atoms with Gasteiger partial charge in [0.25, 0.3) is 0 Å². The van der Waals surface area contributed by atoms with Crippen LogP contribution in [0, 0.1) is 6.92 Å². The Morgan fingerprint density at radius 2 is 2.00 bits per heavy atom. The molecule has 1 aromatic rings. The number of likely N-dealkylation sites (tertiary alicyclic amines) is 1. The minimum absolute atomic E-state index is 0.164. The van der Waals surface area contributed by atoms with E-state index in [2.05, 4.69) is 9.47 Å². The van der Waals surface area contributed by atoms with Crippen molar-refractivity contribution in [2.24, 2.45) is 0 Å². The summed E-state index contributed by atoms with van der Waals surface area (Å²) in [6, 6.07) is 1.93. The molecule has 3 heteroatoms. The summed E-state index contributed by atoms with van der Waals surface area (Å²) in [7, 11) is 0. The average Bonchev–Trinajstić information content (AvgIpc) is 2.84. The summed E-state index contributed by atoms with van der Waals surface area (Å²) in [6.07, 6.45) is 4.70. The van der Waals surface area contributed by atoms with Crippen LogP contribution in [0.1, 0.15) is 35.8 Å². The molecule has 1 saturated heterocycles. The highest BCUT2D eigenvalue weighted by molar-refractivity contribution is 5.95. The first-order valence-electron chi connectivity index (χ1n) is 6.07. The third-order valence-corrected chi connectivity index (χ3v) is 3.48. The highest BCUT2D eigenvalue weighted by atomic mass is 16.1. The molecule has 0 aliphatic carbocycles. The van der Waals surface area contributed by atoms with Gasteiger partial charge in [-0.3, -0.25) is 4.79 Å². The molecule has 0 saturated carbocycles. The molecule has 0 spiro atoms. The molecule has 0 unspecified atom stereocenters. The standard InChI is InChI=1S/C13H20N2O/c1-11-13(12(2)16)5-8-15(11)10-9-14-6-3-4-7-14/h5,8H,3-4,6-7,9-10H2,1-2H3. The third kappa shape index (κ3) is 2.35. The fraction of sp³-hybridized carbons (Fsp3) is 0.615. The second-order valence-corrected chi connectivity index (χ2v) is 4.61. The Bertz CT molecular complexity index is 375. The van der Waals surface area contributed by atoms with Crippen LogP contribution in [0.4, 0.5) is 0 Å². The lowest BCUT2D eigenvalue weighted by Crippen LogP contribution is -2.24. The van der Waals surface area contributed by atoms with E-state index in [1.165, 1.54) is 25.9 Å². The number of carbonyl (C=O) groups excluding carboxylic acids is 1. The molecule has 88 valence electrons. The zero-order chi connectivity index (χ0) is 11.5. The van der Waals surface area contributed by atoms with Crippen molar-refractivity contribution in [2.45, 2.75) is 33.2 Å². The predicted molar refractivity (Wildman–Crippen MR) is 64.8 cm³/mol. The first-order chi connectivity index (χ1) is 7.68. The van der Waals surface area contributed by atoms with Crippen LogP contribution in [0.5, 0.6) is 0 Å². The largest absolute Gasteiger partial charge is 0.350 e. The molecule has 2 rings (SSSR count). The number of ketones is 1. The SMILES string of the molecule is CC(=O)c1ccn(CCN2CCCC2)c1C. The maximum atomic E-state index is 11.3. The number of aromatic nitrogens is 1. The van der Waals surface area contributed by atoms with Crippen molar-refractivity contribution in [3.8, 4) is 0 Å². The quantitative estimate of drug-likeness (QED) is 0.726. The lowest BCUT2D eigenvalue weighted by molar-refractivity contribution is 0.101. The molecule has 3 nitrogen and oxygen atoms in total. The van der Waals surface area contributed by atoms with Gasteiger partial charge in [0.05, 0.1) is 0 Å². The number of rotatable bonds is 4. The molecule has 1 fully saturated rings. The summed E-state index contributed by atoms with van der Waals surface area (Å²) >= 11 is 0. The molecule has 1 aliphatic rings. The van der Waals surface area contributed by atoms with Gasteiger partial charge in [0, 0.05) is 30.5 Å². The molecule has 16 heavy (non-hydrogen) atoms. The molecule has 0 atom stereocenters. The first kappa shape index (κ1) is 11.4. The fourth-order valence-corrected chi connectivity index (χ4v) is 2.42. The Hall–Kier alpha value is -1.09. The molecule has 0 aromatic carbocycles. The number of hydrogen-bond acceptors (Lipinski definition) is 2. The van der Waals surface area contributed by atoms with E-state index in [0.717, 1.165) is 24.3 Å². The van der Waals surface area contributed by atoms with Gasteiger partial charge < -0.3 is 9.47 Å². The van der Waals surface area contributed by atoms with Gasteiger partial charge in [-0.25, -0.2) is 0 Å². The van der Waals surface area contributed by atoms with Crippen LogP contribution in [-0.4, -0.2) is 34.9 Å². The van der Waals surface area contributed by atoms with Gasteiger partial charge in [0.2, 0.25) is 0 Å². The Morgan fingerprint density at radius 1 is 1.31 bits per heavy atom. The van der Waals surface area contributed by atoms with E-state index in [-0.39, 0.29) is 5.78 Å². The van der Waals surface area contributed by atoms with Crippen molar-refractivity contribution in [1.29, 1.82) is 0 Å². The number of nitrogens with zero attached hydrogens (tertiary/aromatic N) is 2. The van der Waals surface area contributed by atoms with E-state index >= 15 is 0 Å². The molecule has 0 amide bonds. The van der Waals surface area contributed by atoms with Gasteiger partial charge in [-0.1, -0.05) is 0 Å². The highest BCUT2D eigenvalue weighted by Crippen LogP contribution is 2.12. The summed E-state index contributed by atoms with van der Waals surface area (Å²) in [6.45, 7) is 8.24. The van der Waals surface area contributed by atoms with Crippen molar-refractivity contribution in [2.75, 3.05) is 19.6 Å². The summed E-state index contributed by atoms with van der Waals surface area (Å²) in [4.78, 5) is 13.8. The molecule has 0 N–H and O–H groups in total. The molecule has 0 bridgehead atoms. The summed E-state index contributed by atoms with van der Waals surface area (Å²) in [5.41, 5.74) is 1.97. The molecule has 2 heterocycles. The Balaban J connectivity index is 1.96. The van der Waals surface area contributed by atoms with Crippen molar-refractivity contribution in [3.63, 3.8) is 0 Å². The molecular formula is C13H20N2O. The van der Waals surface area contributed by atoms with Gasteiger partial charge in [-0.05, 0) is 45.8 Å². The number of hydrogen-bond donors (Lipinski definition) is 0. The van der Waals surface area contributed by atoms with E-state index < -0.39 is 0 Å². The van der Waals surface area contributed by atoms with Crippen LogP contribution >= 0.6 is 0 Å². The molecule has 1 aliphatic heterocycles. The smallest absolute Gasteiger partial charge is 0.161 e. The van der Waals surface area contributed by atoms with Crippen LogP contribution in [0.15, 0.2) is 12.3 Å². The summed E-state index contributed by atoms with van der Waals surface area (Å²) in [5, 5.41) is 0. The first-order valence-corrected chi connectivity index (χ1v) is 6.07. The molecule has 1 aromatic heterocycles. The lowest BCUT2D eigenvalue weighted by Gasteiger charge is -2.15. The van der Waals surface area contributed by atoms with Gasteiger partial charge in [-0.15, -0.1) is 0 Å². The minimum atomic E-state index is 0.164. The zero-order valence-corrected chi connectivity index (χ0v) is 10.2. The van der Waals surface area contributed by atoms with Crippen LogP contribution in [0.2, 0.25) is 0 Å². The van der Waals surface area contributed by atoms with E-state index in [4.69, 9.17) is 0 Å². The number of carbonyl (C=O) groups is 1. The van der Waals surface area contributed by atoms with Crippen LogP contribution in [0.25, 0.3) is 0 Å². The lowest BCUT2D eigenvalue weighted by atomic mass is 10.2. The average molecular weight is 220 g/mol. The Morgan fingerprint density at radius 3 is 2.56 bits per heavy atom. The summed E-state index contributed by atoms with van der Waals surface area (Å²) < 4.78 is 2.19.